The second kappa shape index (κ2) is 5.99. The van der Waals surface area contributed by atoms with Gasteiger partial charge in [0.25, 0.3) is 0 Å². The zero-order chi connectivity index (χ0) is 12.9. The molecular formula is C15H14N2S2. The molecule has 4 heteroatoms. The van der Waals surface area contributed by atoms with Crippen LogP contribution in [0.5, 0.6) is 0 Å². The molecule has 3 aromatic rings. The number of pyridine rings is 1. The minimum atomic E-state index is 0.308. The van der Waals surface area contributed by atoms with Crippen molar-refractivity contribution in [3.8, 4) is 0 Å². The fourth-order valence-corrected chi connectivity index (χ4v) is 3.52. The van der Waals surface area contributed by atoms with Crippen LogP contribution in [0.4, 0.5) is 5.69 Å². The van der Waals surface area contributed by atoms with Gasteiger partial charge in [0.1, 0.15) is 0 Å². The minimum Gasteiger partial charge on any atom is -0.376 e. The van der Waals surface area contributed by atoms with Crippen LogP contribution in [-0.4, -0.2) is 4.98 Å². The van der Waals surface area contributed by atoms with Crippen molar-refractivity contribution in [1.29, 1.82) is 0 Å². The third-order valence-electron chi connectivity index (χ3n) is 2.87. The van der Waals surface area contributed by atoms with Gasteiger partial charge in [-0.2, -0.15) is 0 Å². The number of thiophene rings is 2. The molecule has 0 fully saturated rings. The Balaban J connectivity index is 1.80. The third kappa shape index (κ3) is 3.22. The molecule has 0 bridgehead atoms. The van der Waals surface area contributed by atoms with Gasteiger partial charge in [-0.25, -0.2) is 0 Å². The fraction of sp³-hybridized carbons (Fsp3) is 0.133. The summed E-state index contributed by atoms with van der Waals surface area (Å²) in [5.74, 6) is 0. The van der Waals surface area contributed by atoms with Gasteiger partial charge >= 0.3 is 0 Å². The second-order valence-corrected chi connectivity index (χ2v) is 6.25. The Labute approximate surface area is 120 Å². The van der Waals surface area contributed by atoms with Crippen LogP contribution in [0.2, 0.25) is 0 Å². The third-order valence-corrected chi connectivity index (χ3v) is 4.76. The number of anilines is 1. The highest BCUT2D eigenvalue weighted by atomic mass is 32.1. The number of hydrogen-bond acceptors (Lipinski definition) is 4. The summed E-state index contributed by atoms with van der Waals surface area (Å²) in [5, 5.41) is 7.83. The molecule has 0 saturated heterocycles. The Morgan fingerprint density at radius 2 is 1.95 bits per heavy atom. The van der Waals surface area contributed by atoms with Gasteiger partial charge in [0.15, 0.2) is 0 Å². The molecule has 1 atom stereocenters. The zero-order valence-corrected chi connectivity index (χ0v) is 12.0. The van der Waals surface area contributed by atoms with Gasteiger partial charge in [-0.15, -0.1) is 22.7 Å². The number of aromatic nitrogens is 1. The maximum atomic E-state index is 4.16. The maximum absolute atomic E-state index is 4.16. The highest BCUT2D eigenvalue weighted by molar-refractivity contribution is 7.10. The number of nitrogens with zero attached hydrogens (tertiary/aromatic N) is 1. The molecule has 1 N–H and O–H groups in total. The topological polar surface area (TPSA) is 24.9 Å². The van der Waals surface area contributed by atoms with Crippen molar-refractivity contribution < 1.29 is 0 Å². The summed E-state index contributed by atoms with van der Waals surface area (Å²) in [4.78, 5) is 6.92. The summed E-state index contributed by atoms with van der Waals surface area (Å²) in [6.45, 7) is 0. The van der Waals surface area contributed by atoms with E-state index < -0.39 is 0 Å². The minimum absolute atomic E-state index is 0.308. The van der Waals surface area contributed by atoms with Crippen molar-refractivity contribution in [1.82, 2.24) is 4.98 Å². The first kappa shape index (κ1) is 12.4. The van der Waals surface area contributed by atoms with Crippen LogP contribution in [0, 0.1) is 0 Å². The molecule has 0 aliphatic carbocycles. The monoisotopic (exact) mass is 286 g/mol. The van der Waals surface area contributed by atoms with E-state index in [1.165, 1.54) is 9.75 Å². The molecule has 0 saturated carbocycles. The second-order valence-electron chi connectivity index (χ2n) is 4.24. The Hall–Kier alpha value is -1.65. The van der Waals surface area contributed by atoms with Crippen molar-refractivity contribution in [3.63, 3.8) is 0 Å². The molecule has 1 unspecified atom stereocenters. The fourth-order valence-electron chi connectivity index (χ4n) is 1.99. The predicted octanol–water partition coefficient (Wildman–Crippen LogP) is 4.60. The average Bonchev–Trinajstić information content (AvgIpc) is 3.12. The molecule has 3 rings (SSSR count). The van der Waals surface area contributed by atoms with E-state index in [9.17, 15) is 0 Å². The lowest BCUT2D eigenvalue weighted by molar-refractivity contribution is 0.801. The van der Waals surface area contributed by atoms with Crippen LogP contribution in [0.1, 0.15) is 15.8 Å². The largest absolute Gasteiger partial charge is 0.376 e. The summed E-state index contributed by atoms with van der Waals surface area (Å²) >= 11 is 3.60. The quantitative estimate of drug-likeness (QED) is 0.741. The smallest absolute Gasteiger partial charge is 0.0655 e. The van der Waals surface area contributed by atoms with Gasteiger partial charge in [-0.3, -0.25) is 4.98 Å². The first-order valence-electron chi connectivity index (χ1n) is 6.14. The highest BCUT2D eigenvalue weighted by Gasteiger charge is 2.14. The number of hydrogen-bond donors (Lipinski definition) is 1. The Bertz CT molecular complexity index is 588. The normalized spacial score (nSPS) is 12.2. The van der Waals surface area contributed by atoms with E-state index in [0.29, 0.717) is 6.04 Å². The average molecular weight is 286 g/mol. The zero-order valence-electron chi connectivity index (χ0n) is 10.3. The highest BCUT2D eigenvalue weighted by Crippen LogP contribution is 2.28. The van der Waals surface area contributed by atoms with Crippen LogP contribution in [0.3, 0.4) is 0 Å². The molecule has 0 radical (unpaired) electrons. The molecule has 2 nitrogen and oxygen atoms in total. The van der Waals surface area contributed by atoms with Gasteiger partial charge in [-0.1, -0.05) is 12.1 Å². The molecule has 19 heavy (non-hydrogen) atoms. The van der Waals surface area contributed by atoms with Gasteiger partial charge in [-0.05, 0) is 35.0 Å². The SMILES string of the molecule is c1cncc(NC(Cc2cccs2)c2cccs2)c1. The van der Waals surface area contributed by atoms with E-state index in [0.717, 1.165) is 12.1 Å². The summed E-state index contributed by atoms with van der Waals surface area (Å²) in [7, 11) is 0. The molecule has 0 aliphatic heterocycles. The van der Waals surface area contributed by atoms with Crippen LogP contribution >= 0.6 is 22.7 Å². The molecule has 0 spiro atoms. The lowest BCUT2D eigenvalue weighted by Crippen LogP contribution is -2.11. The standard InChI is InChI=1S/C15H14N2S2/c1-4-12(11-16-7-1)17-14(15-6-3-9-19-15)10-13-5-2-8-18-13/h1-9,11,14,17H,10H2. The number of nitrogens with one attached hydrogen (secondary N) is 1. The van der Waals surface area contributed by atoms with E-state index in [-0.39, 0.29) is 0 Å². The molecular weight excluding hydrogens is 272 g/mol. The van der Waals surface area contributed by atoms with E-state index in [2.05, 4.69) is 51.4 Å². The van der Waals surface area contributed by atoms with Gasteiger partial charge < -0.3 is 5.32 Å². The van der Waals surface area contributed by atoms with Crippen molar-refractivity contribution >= 4 is 28.4 Å². The van der Waals surface area contributed by atoms with E-state index in [1.807, 2.05) is 23.6 Å². The van der Waals surface area contributed by atoms with Crippen LogP contribution in [0.25, 0.3) is 0 Å². The van der Waals surface area contributed by atoms with Crippen LogP contribution < -0.4 is 5.32 Å². The van der Waals surface area contributed by atoms with Crippen molar-refractivity contribution in [2.75, 3.05) is 5.32 Å². The molecule has 3 aromatic heterocycles. The van der Waals surface area contributed by atoms with Gasteiger partial charge in [0, 0.05) is 28.6 Å². The lowest BCUT2D eigenvalue weighted by Gasteiger charge is -2.17. The Kier molecular flexibility index (Phi) is 3.91. The molecule has 0 amide bonds. The Morgan fingerprint density at radius 1 is 1.05 bits per heavy atom. The van der Waals surface area contributed by atoms with E-state index >= 15 is 0 Å². The summed E-state index contributed by atoms with van der Waals surface area (Å²) in [6.07, 6.45) is 4.67. The van der Waals surface area contributed by atoms with Gasteiger partial charge in [0.05, 0.1) is 11.7 Å². The maximum Gasteiger partial charge on any atom is 0.0655 e. The molecule has 0 aromatic carbocycles. The predicted molar refractivity (Wildman–Crippen MR) is 82.9 cm³/mol. The molecule has 3 heterocycles. The summed E-state index contributed by atoms with van der Waals surface area (Å²) in [5.41, 5.74) is 1.07. The molecule has 0 aliphatic rings. The van der Waals surface area contributed by atoms with Crippen molar-refractivity contribution in [2.45, 2.75) is 12.5 Å². The van der Waals surface area contributed by atoms with Crippen LogP contribution in [-0.2, 0) is 6.42 Å². The van der Waals surface area contributed by atoms with Crippen molar-refractivity contribution in [2.24, 2.45) is 0 Å². The lowest BCUT2D eigenvalue weighted by atomic mass is 10.1. The van der Waals surface area contributed by atoms with E-state index in [1.54, 1.807) is 17.5 Å². The first-order chi connectivity index (χ1) is 9.42. The first-order valence-corrected chi connectivity index (χ1v) is 7.90. The summed E-state index contributed by atoms with van der Waals surface area (Å²) in [6, 6.07) is 12.9. The van der Waals surface area contributed by atoms with Crippen molar-refractivity contribution in [3.05, 3.63) is 69.3 Å². The number of rotatable bonds is 5. The van der Waals surface area contributed by atoms with Gasteiger partial charge in [0.2, 0.25) is 0 Å². The molecule has 96 valence electrons. The summed E-state index contributed by atoms with van der Waals surface area (Å²) < 4.78 is 0. The Morgan fingerprint density at radius 3 is 2.63 bits per heavy atom. The van der Waals surface area contributed by atoms with Crippen LogP contribution in [0.15, 0.2) is 59.6 Å². The van der Waals surface area contributed by atoms with E-state index in [4.69, 9.17) is 0 Å².